The van der Waals surface area contributed by atoms with E-state index in [0.717, 1.165) is 0 Å². The van der Waals surface area contributed by atoms with Crippen LogP contribution in [0, 0.1) is 3.57 Å². The number of carbonyl (C=O) groups is 3. The molecule has 3 rings (SSSR count). The number of carbonyl (C=O) groups excluding carboxylic acids is 3. The van der Waals surface area contributed by atoms with Crippen LogP contribution in [0.25, 0.3) is 0 Å². The molecule has 0 aliphatic carbocycles. The van der Waals surface area contributed by atoms with E-state index in [2.05, 4.69) is 48.5 Å². The number of nitrogens with zero attached hydrogens (tertiary/aromatic N) is 1. The zero-order valence-corrected chi connectivity index (χ0v) is 26.4. The van der Waals surface area contributed by atoms with Gasteiger partial charge in [0.05, 0.1) is 41.7 Å². The van der Waals surface area contributed by atoms with Gasteiger partial charge in [-0.3, -0.25) is 4.79 Å². The second-order valence-electron chi connectivity index (χ2n) is 8.54. The van der Waals surface area contributed by atoms with Gasteiger partial charge in [-0.25, -0.2) is 15.0 Å². The molecule has 2 aromatic carbocycles. The molecule has 1 aliphatic rings. The number of methoxy groups -OCH3 is 1. The summed E-state index contributed by atoms with van der Waals surface area (Å²) in [6.45, 7) is 5.26. The Labute approximate surface area is 262 Å². The van der Waals surface area contributed by atoms with Gasteiger partial charge < -0.3 is 34.3 Å². The van der Waals surface area contributed by atoms with E-state index in [9.17, 15) is 14.4 Å². The molecule has 12 nitrogen and oxygen atoms in total. The third-order valence-electron chi connectivity index (χ3n) is 5.65. The molecular formula is C28H31IN4O8S. The van der Waals surface area contributed by atoms with E-state index >= 15 is 0 Å². The number of benzene rings is 2. The summed E-state index contributed by atoms with van der Waals surface area (Å²) in [7, 11) is 1.28. The first-order valence-electron chi connectivity index (χ1n) is 12.8. The molecule has 3 N–H and O–H groups in total. The number of rotatable bonds is 13. The molecule has 0 aromatic heterocycles. The monoisotopic (exact) mass is 710 g/mol. The maximum Gasteiger partial charge on any atom is 0.343 e. The molecule has 1 atom stereocenters. The van der Waals surface area contributed by atoms with Crippen LogP contribution >= 0.6 is 34.8 Å². The fraction of sp³-hybridized carbons (Fsp3) is 0.321. The molecule has 14 heteroatoms. The van der Waals surface area contributed by atoms with Crippen molar-refractivity contribution in [3.05, 3.63) is 62.4 Å². The van der Waals surface area contributed by atoms with Crippen molar-refractivity contribution < 1.29 is 38.1 Å². The van der Waals surface area contributed by atoms with Gasteiger partial charge in [-0.2, -0.15) is 5.10 Å². The molecule has 0 fully saturated rings. The summed E-state index contributed by atoms with van der Waals surface area (Å²) < 4.78 is 27.6. The van der Waals surface area contributed by atoms with Crippen LogP contribution in [0.1, 0.15) is 37.9 Å². The van der Waals surface area contributed by atoms with Gasteiger partial charge in [0.25, 0.3) is 5.91 Å². The van der Waals surface area contributed by atoms with Crippen LogP contribution in [0.15, 0.2) is 52.8 Å². The fourth-order valence-electron chi connectivity index (χ4n) is 3.87. The van der Waals surface area contributed by atoms with Gasteiger partial charge in [-0.1, -0.05) is 18.2 Å². The number of hydrazone groups is 1. The van der Waals surface area contributed by atoms with E-state index in [0.29, 0.717) is 54.9 Å². The second kappa shape index (κ2) is 15.9. The summed E-state index contributed by atoms with van der Waals surface area (Å²) in [6, 6.07) is 9.80. The smallest absolute Gasteiger partial charge is 0.343 e. The Morgan fingerprint density at radius 1 is 1.07 bits per heavy atom. The van der Waals surface area contributed by atoms with Gasteiger partial charge in [0.2, 0.25) is 0 Å². The Kier molecular flexibility index (Phi) is 12.3. The van der Waals surface area contributed by atoms with Crippen LogP contribution in [-0.4, -0.2) is 62.7 Å². The molecule has 1 heterocycles. The van der Waals surface area contributed by atoms with E-state index in [1.165, 1.54) is 13.3 Å². The van der Waals surface area contributed by atoms with Crippen LogP contribution in [-0.2, 0) is 23.9 Å². The van der Waals surface area contributed by atoms with E-state index in [1.807, 2.05) is 6.92 Å². The normalized spacial score (nSPS) is 14.5. The molecule has 1 aliphatic heterocycles. The van der Waals surface area contributed by atoms with E-state index in [4.69, 9.17) is 31.2 Å². The number of ether oxygens (including phenoxy) is 5. The molecule has 0 saturated carbocycles. The van der Waals surface area contributed by atoms with Crippen LogP contribution in [0.5, 0.6) is 17.2 Å². The van der Waals surface area contributed by atoms with Gasteiger partial charge in [0.1, 0.15) is 5.75 Å². The SMILES string of the molecule is CCOC(=O)C1=C(C)NC(=S)N[C@@H]1c1ccccc1OCC(=O)NN=Cc1cc(I)c(OCC(=O)OC)c(OCC)c1. The summed E-state index contributed by atoms with van der Waals surface area (Å²) in [5, 5.41) is 10.4. The molecule has 0 radical (unpaired) electrons. The average Bonchev–Trinajstić information content (AvgIpc) is 2.95. The first kappa shape index (κ1) is 32.6. The van der Waals surface area contributed by atoms with Crippen molar-refractivity contribution in [3.63, 3.8) is 0 Å². The number of esters is 2. The lowest BCUT2D eigenvalue weighted by Crippen LogP contribution is -2.45. The fourth-order valence-corrected chi connectivity index (χ4v) is 4.92. The van der Waals surface area contributed by atoms with Gasteiger partial charge in [-0.05, 0) is 79.3 Å². The van der Waals surface area contributed by atoms with Crippen LogP contribution < -0.4 is 30.3 Å². The summed E-state index contributed by atoms with van der Waals surface area (Å²) >= 11 is 7.36. The first-order chi connectivity index (χ1) is 20.2. The van der Waals surface area contributed by atoms with Crippen molar-refractivity contribution in [2.24, 2.45) is 5.10 Å². The lowest BCUT2D eigenvalue weighted by molar-refractivity contribution is -0.143. The molecule has 0 saturated heterocycles. The number of para-hydroxylation sites is 1. The maximum absolute atomic E-state index is 12.7. The predicted octanol–water partition coefficient (Wildman–Crippen LogP) is 3.13. The maximum atomic E-state index is 12.7. The first-order valence-corrected chi connectivity index (χ1v) is 14.3. The van der Waals surface area contributed by atoms with Gasteiger partial charge in [-0.15, -0.1) is 0 Å². The van der Waals surface area contributed by atoms with Crippen LogP contribution in [0.3, 0.4) is 0 Å². The zero-order chi connectivity index (χ0) is 30.6. The number of halogens is 1. The Morgan fingerprint density at radius 2 is 1.83 bits per heavy atom. The highest BCUT2D eigenvalue weighted by Gasteiger charge is 2.32. The molecular weight excluding hydrogens is 679 g/mol. The molecule has 42 heavy (non-hydrogen) atoms. The van der Waals surface area contributed by atoms with Crippen LogP contribution in [0.4, 0.5) is 0 Å². The highest BCUT2D eigenvalue weighted by Crippen LogP contribution is 2.35. The third kappa shape index (κ3) is 8.79. The van der Waals surface area contributed by atoms with Crippen molar-refractivity contribution in [1.29, 1.82) is 0 Å². The molecule has 0 unspecified atom stereocenters. The van der Waals surface area contributed by atoms with Gasteiger partial charge in [0.15, 0.2) is 29.8 Å². The van der Waals surface area contributed by atoms with Gasteiger partial charge in [0, 0.05) is 11.3 Å². The summed E-state index contributed by atoms with van der Waals surface area (Å²) in [5.74, 6) is -0.325. The van der Waals surface area contributed by atoms with Crippen molar-refractivity contribution in [2.45, 2.75) is 26.8 Å². The Bertz CT molecular complexity index is 1400. The van der Waals surface area contributed by atoms with E-state index in [-0.39, 0.29) is 19.8 Å². The van der Waals surface area contributed by atoms with Crippen molar-refractivity contribution >= 4 is 64.0 Å². The number of nitrogens with one attached hydrogen (secondary N) is 3. The molecule has 2 aromatic rings. The minimum atomic E-state index is -0.642. The highest BCUT2D eigenvalue weighted by atomic mass is 127. The lowest BCUT2D eigenvalue weighted by Gasteiger charge is -2.30. The molecule has 1 amide bonds. The van der Waals surface area contributed by atoms with Crippen LogP contribution in [0.2, 0.25) is 0 Å². The number of allylic oxidation sites excluding steroid dienone is 1. The van der Waals surface area contributed by atoms with Gasteiger partial charge >= 0.3 is 11.9 Å². The predicted molar refractivity (Wildman–Crippen MR) is 166 cm³/mol. The topological polar surface area (TPSA) is 146 Å². The van der Waals surface area contributed by atoms with Crippen molar-refractivity contribution in [2.75, 3.05) is 33.5 Å². The highest BCUT2D eigenvalue weighted by molar-refractivity contribution is 14.1. The average molecular weight is 711 g/mol. The Balaban J connectivity index is 1.69. The second-order valence-corrected chi connectivity index (χ2v) is 10.1. The minimum absolute atomic E-state index is 0.213. The third-order valence-corrected chi connectivity index (χ3v) is 6.67. The quantitative estimate of drug-likeness (QED) is 0.0928. The number of amides is 1. The van der Waals surface area contributed by atoms with Crippen molar-refractivity contribution in [3.8, 4) is 17.2 Å². The summed E-state index contributed by atoms with van der Waals surface area (Å²) in [4.78, 5) is 36.8. The molecule has 0 spiro atoms. The summed E-state index contributed by atoms with van der Waals surface area (Å²) in [6.07, 6.45) is 1.44. The largest absolute Gasteiger partial charge is 0.490 e. The van der Waals surface area contributed by atoms with E-state index < -0.39 is 23.9 Å². The standard InChI is InChI=1S/C28H31IN4O8S/c1-5-38-21-12-17(11-19(29)26(21)41-15-23(35)37-4)13-30-33-22(34)14-40-20-10-8-7-9-18(20)25-24(27(36)39-6-2)16(3)31-28(42)32-25/h7-13,25H,5-6,14-15H2,1-4H3,(H,33,34)(H2,31,32,42)/t25-/m1/s1. The number of hydrogen-bond donors (Lipinski definition) is 3. The Morgan fingerprint density at radius 3 is 2.55 bits per heavy atom. The Hall–Kier alpha value is -3.92. The zero-order valence-electron chi connectivity index (χ0n) is 23.4. The van der Waals surface area contributed by atoms with Crippen molar-refractivity contribution in [1.82, 2.24) is 16.1 Å². The summed E-state index contributed by atoms with van der Waals surface area (Å²) in [5.41, 5.74) is 4.59. The number of thiocarbonyl (C=S) groups is 1. The number of hydrogen-bond acceptors (Lipinski definition) is 10. The minimum Gasteiger partial charge on any atom is -0.490 e. The molecule has 224 valence electrons. The van der Waals surface area contributed by atoms with E-state index in [1.54, 1.807) is 50.2 Å². The lowest BCUT2D eigenvalue weighted by atomic mass is 9.95. The molecule has 0 bridgehead atoms.